The third kappa shape index (κ3) is 12.5. The second-order valence-corrected chi connectivity index (χ2v) is 17.8. The number of aliphatic hydroxyl groups is 2. The zero-order valence-corrected chi connectivity index (χ0v) is 40.8. The topological polar surface area (TPSA) is 228 Å². The molecule has 8 aromatic rings. The number of carboxylic acids is 2. The van der Waals surface area contributed by atoms with Crippen LogP contribution >= 0.6 is 23.2 Å². The molecule has 0 fully saturated rings. The molecule has 374 valence electrons. The van der Waals surface area contributed by atoms with Gasteiger partial charge in [0.2, 0.25) is 0 Å². The molecule has 0 saturated carbocycles. The fourth-order valence-corrected chi connectivity index (χ4v) is 8.63. The summed E-state index contributed by atoms with van der Waals surface area (Å²) in [4.78, 5) is 32.2. The van der Waals surface area contributed by atoms with Crippen LogP contribution in [0.4, 0.5) is 0 Å². The monoisotopic (exact) mass is 1020 g/mol. The zero-order chi connectivity index (χ0) is 50.7. The summed E-state index contributed by atoms with van der Waals surface area (Å²) in [6.45, 7) is 4.32. The number of nitrogens with zero attached hydrogens (tertiary/aromatic N) is 2. The standard InChI is InChI=1S/C54H52Cl2N4O12/c1-31-35(27-69-51-21-49(67-25-33-9-11-47-45(17-33)59-29-71-47)37(19-41(51)55)23-57-43(13-15-61)53(63)64)5-3-7-39(31)40-8-4-6-36(32(40)2)28-70-52-22-50(68-26-34-10-12-48-46(18-34)60-30-72-48)38(20-42(52)56)24-58-44(14-16-62)54(65)66/h3-12,17-22,29-30,43-44,57-58,61-62H,13-16,23-28H2,1-2H3,(H,63,64)(H,65,66). The fraction of sp³-hybridized carbons (Fsp3) is 0.259. The maximum absolute atomic E-state index is 11.9. The number of nitrogens with one attached hydrogen (secondary N) is 2. The number of rotatable bonds is 25. The highest BCUT2D eigenvalue weighted by Crippen LogP contribution is 2.38. The number of benzene rings is 6. The molecule has 0 saturated heterocycles. The molecule has 0 aliphatic heterocycles. The molecule has 0 aliphatic carbocycles. The third-order valence-electron chi connectivity index (χ3n) is 12.3. The molecule has 72 heavy (non-hydrogen) atoms. The Balaban J connectivity index is 0.990. The van der Waals surface area contributed by atoms with Gasteiger partial charge in [0.05, 0.1) is 10.0 Å². The van der Waals surface area contributed by atoms with Crippen molar-refractivity contribution in [1.82, 2.24) is 20.6 Å². The van der Waals surface area contributed by atoms with Crippen LogP contribution in [0.25, 0.3) is 33.3 Å². The molecule has 2 unspecified atom stereocenters. The van der Waals surface area contributed by atoms with E-state index in [1.54, 1.807) is 24.3 Å². The molecule has 0 bridgehead atoms. The van der Waals surface area contributed by atoms with Crippen LogP contribution in [0.3, 0.4) is 0 Å². The molecule has 6 N–H and O–H groups in total. The number of halogens is 2. The summed E-state index contributed by atoms with van der Waals surface area (Å²) in [6.07, 6.45) is 2.79. The Labute approximate surface area is 424 Å². The average molecular weight is 1020 g/mol. The lowest BCUT2D eigenvalue weighted by molar-refractivity contribution is -0.140. The van der Waals surface area contributed by atoms with Crippen molar-refractivity contribution in [2.24, 2.45) is 0 Å². The summed E-state index contributed by atoms with van der Waals surface area (Å²) in [6, 6.07) is 27.9. The van der Waals surface area contributed by atoms with Crippen LogP contribution in [0.2, 0.25) is 10.0 Å². The molecular weight excluding hydrogens is 968 g/mol. The Kier molecular flexibility index (Phi) is 16.9. The van der Waals surface area contributed by atoms with E-state index < -0.39 is 24.0 Å². The van der Waals surface area contributed by atoms with E-state index in [1.165, 1.54) is 12.8 Å². The van der Waals surface area contributed by atoms with Gasteiger partial charge in [0.25, 0.3) is 0 Å². The quantitative estimate of drug-likeness (QED) is 0.0313. The van der Waals surface area contributed by atoms with E-state index in [2.05, 4.69) is 20.6 Å². The van der Waals surface area contributed by atoms with Crippen molar-refractivity contribution in [3.63, 3.8) is 0 Å². The molecule has 16 nitrogen and oxygen atoms in total. The second-order valence-electron chi connectivity index (χ2n) is 17.0. The Hall–Kier alpha value is -7.18. The van der Waals surface area contributed by atoms with Gasteiger partial charge in [-0.2, -0.15) is 0 Å². The number of aliphatic hydroxyl groups excluding tert-OH is 2. The Morgan fingerprint density at radius 2 is 0.972 bits per heavy atom. The van der Waals surface area contributed by atoms with Gasteiger partial charge in [-0.05, 0) is 108 Å². The van der Waals surface area contributed by atoms with Gasteiger partial charge in [-0.25, -0.2) is 9.97 Å². The highest BCUT2D eigenvalue weighted by atomic mass is 35.5. The maximum Gasteiger partial charge on any atom is 0.320 e. The number of fused-ring (bicyclic) bond motifs is 2. The molecule has 0 radical (unpaired) electrons. The minimum absolute atomic E-state index is 0.0201. The van der Waals surface area contributed by atoms with Crippen LogP contribution in [-0.2, 0) is 49.1 Å². The Morgan fingerprint density at radius 3 is 1.38 bits per heavy atom. The first-order chi connectivity index (χ1) is 34.9. The van der Waals surface area contributed by atoms with Crippen LogP contribution in [0.5, 0.6) is 23.0 Å². The molecule has 2 atom stereocenters. The van der Waals surface area contributed by atoms with Crippen LogP contribution in [0.1, 0.15) is 57.3 Å². The number of aliphatic carboxylic acids is 2. The summed E-state index contributed by atoms with van der Waals surface area (Å²) in [5, 5.41) is 44.8. The number of hydrogen-bond donors (Lipinski definition) is 6. The van der Waals surface area contributed by atoms with Crippen molar-refractivity contribution in [1.29, 1.82) is 0 Å². The first kappa shape index (κ1) is 51.2. The average Bonchev–Trinajstić information content (AvgIpc) is 4.05. The normalized spacial score (nSPS) is 12.2. The highest BCUT2D eigenvalue weighted by molar-refractivity contribution is 6.32. The lowest BCUT2D eigenvalue weighted by Crippen LogP contribution is -2.37. The summed E-state index contributed by atoms with van der Waals surface area (Å²) in [7, 11) is 0. The van der Waals surface area contributed by atoms with Crippen molar-refractivity contribution in [2.75, 3.05) is 13.2 Å². The molecule has 2 aromatic heterocycles. The van der Waals surface area contributed by atoms with Crippen LogP contribution in [0, 0.1) is 13.8 Å². The number of carboxylic acid groups (broad SMARTS) is 2. The fourth-order valence-electron chi connectivity index (χ4n) is 8.15. The summed E-state index contributed by atoms with van der Waals surface area (Å²) < 4.78 is 36.2. The van der Waals surface area contributed by atoms with E-state index in [0.29, 0.717) is 66.4 Å². The molecule has 8 rings (SSSR count). The molecule has 18 heteroatoms. The summed E-state index contributed by atoms with van der Waals surface area (Å²) in [5.74, 6) is -0.592. The smallest absolute Gasteiger partial charge is 0.320 e. The maximum atomic E-state index is 11.9. The van der Waals surface area contributed by atoms with Gasteiger partial charge in [0.15, 0.2) is 24.0 Å². The van der Waals surface area contributed by atoms with E-state index in [1.807, 2.05) is 86.6 Å². The number of hydrogen-bond acceptors (Lipinski definition) is 14. The first-order valence-corrected chi connectivity index (χ1v) is 23.8. The minimum Gasteiger partial charge on any atom is -0.488 e. The van der Waals surface area contributed by atoms with Crippen molar-refractivity contribution in [3.05, 3.63) is 164 Å². The SMILES string of the molecule is Cc1c(COc2cc(OCc3ccc4ocnc4c3)c(CNC(CCO)C(=O)O)cc2Cl)cccc1-c1cccc(COc2cc(OCc3ccc4ocnc4c3)c(CNC(CCO)C(=O)O)cc2Cl)c1C. The Bertz CT molecular complexity index is 2980. The lowest BCUT2D eigenvalue weighted by Gasteiger charge is -2.20. The van der Waals surface area contributed by atoms with E-state index >= 15 is 0 Å². The van der Waals surface area contributed by atoms with E-state index in [0.717, 1.165) is 44.5 Å². The summed E-state index contributed by atoms with van der Waals surface area (Å²) in [5.41, 5.74) is 11.3. The molecule has 6 aromatic carbocycles. The summed E-state index contributed by atoms with van der Waals surface area (Å²) >= 11 is 13.7. The molecule has 2 heterocycles. The largest absolute Gasteiger partial charge is 0.488 e. The Morgan fingerprint density at radius 1 is 0.556 bits per heavy atom. The van der Waals surface area contributed by atoms with Crippen molar-refractivity contribution < 1.29 is 57.8 Å². The number of aromatic nitrogens is 2. The number of carbonyl (C=O) groups is 2. The van der Waals surface area contributed by atoms with Crippen molar-refractivity contribution >= 4 is 57.3 Å². The van der Waals surface area contributed by atoms with Crippen molar-refractivity contribution in [3.8, 4) is 34.1 Å². The highest BCUT2D eigenvalue weighted by Gasteiger charge is 2.22. The molecule has 0 amide bonds. The second kappa shape index (κ2) is 23.8. The van der Waals surface area contributed by atoms with Crippen LogP contribution in [0.15, 0.2) is 119 Å². The molecule has 0 aliphatic rings. The van der Waals surface area contributed by atoms with E-state index in [9.17, 15) is 30.0 Å². The first-order valence-electron chi connectivity index (χ1n) is 23.0. The van der Waals surface area contributed by atoms with Gasteiger partial charge < -0.3 is 58.8 Å². The van der Waals surface area contributed by atoms with Crippen LogP contribution in [-0.4, -0.2) is 67.6 Å². The minimum atomic E-state index is -1.09. The predicted octanol–water partition coefficient (Wildman–Crippen LogP) is 9.73. The third-order valence-corrected chi connectivity index (χ3v) is 12.9. The lowest BCUT2D eigenvalue weighted by atomic mass is 9.92. The van der Waals surface area contributed by atoms with Crippen molar-refractivity contribution in [2.45, 2.75) is 78.3 Å². The van der Waals surface area contributed by atoms with Gasteiger partial charge in [0, 0.05) is 49.6 Å². The van der Waals surface area contributed by atoms with Gasteiger partial charge in [0.1, 0.15) is 72.5 Å². The van der Waals surface area contributed by atoms with E-state index in [4.69, 9.17) is 51.0 Å². The molecule has 0 spiro atoms. The predicted molar refractivity (Wildman–Crippen MR) is 270 cm³/mol. The molecular formula is C54H52Cl2N4O12. The van der Waals surface area contributed by atoms with Gasteiger partial charge in [-0.1, -0.05) is 71.7 Å². The number of oxazole rings is 2. The van der Waals surface area contributed by atoms with Gasteiger partial charge >= 0.3 is 11.9 Å². The van der Waals surface area contributed by atoms with Crippen LogP contribution < -0.4 is 29.6 Å². The van der Waals surface area contributed by atoms with E-state index in [-0.39, 0.29) is 65.6 Å². The zero-order valence-electron chi connectivity index (χ0n) is 39.3. The number of ether oxygens (including phenoxy) is 4. The van der Waals surface area contributed by atoms with Gasteiger partial charge in [-0.3, -0.25) is 9.59 Å². The van der Waals surface area contributed by atoms with Gasteiger partial charge in [-0.15, -0.1) is 0 Å².